The first-order valence-electron chi connectivity index (χ1n) is 7.11. The molecule has 22 heavy (non-hydrogen) atoms. The maximum atomic E-state index is 12.7. The molecule has 1 aromatic rings. The lowest BCUT2D eigenvalue weighted by molar-refractivity contribution is 0.0580. The number of aliphatic hydroxyl groups excluding tert-OH is 1. The maximum Gasteiger partial charge on any atom is 0.254 e. The van der Waals surface area contributed by atoms with Crippen molar-refractivity contribution in [1.82, 2.24) is 4.90 Å². The number of hydrogen-bond acceptors (Lipinski definition) is 5. The molecule has 1 amide bonds. The Labute approximate surface area is 130 Å². The van der Waals surface area contributed by atoms with Crippen LogP contribution in [0.15, 0.2) is 23.1 Å². The second-order valence-electron chi connectivity index (χ2n) is 5.53. The van der Waals surface area contributed by atoms with Crippen LogP contribution in [-0.2, 0) is 21.0 Å². The number of aryl methyl sites for hydroxylation is 1. The van der Waals surface area contributed by atoms with Gasteiger partial charge < -0.3 is 14.7 Å². The Morgan fingerprint density at radius 3 is 2.59 bits per heavy atom. The van der Waals surface area contributed by atoms with Gasteiger partial charge in [-0.15, -0.1) is 0 Å². The minimum Gasteiger partial charge on any atom is -0.388 e. The summed E-state index contributed by atoms with van der Waals surface area (Å²) < 4.78 is 28.6. The predicted molar refractivity (Wildman–Crippen MR) is 81.6 cm³/mol. The van der Waals surface area contributed by atoms with E-state index in [9.17, 15) is 18.3 Å². The van der Waals surface area contributed by atoms with Gasteiger partial charge in [0.05, 0.1) is 30.3 Å². The van der Waals surface area contributed by atoms with Gasteiger partial charge in [0.1, 0.15) is 0 Å². The highest BCUT2D eigenvalue weighted by Gasteiger charge is 2.33. The Morgan fingerprint density at radius 2 is 2.09 bits per heavy atom. The monoisotopic (exact) mass is 327 g/mol. The third kappa shape index (κ3) is 3.31. The zero-order chi connectivity index (χ0) is 16.5. The molecule has 0 aromatic heterocycles. The smallest absolute Gasteiger partial charge is 0.254 e. The lowest BCUT2D eigenvalue weighted by Crippen LogP contribution is -2.44. The van der Waals surface area contributed by atoms with Crippen LogP contribution in [0, 0.1) is 0 Å². The average Bonchev–Trinajstić information content (AvgIpc) is 2.90. The zero-order valence-corrected chi connectivity index (χ0v) is 13.8. The van der Waals surface area contributed by atoms with Crippen molar-refractivity contribution in [1.29, 1.82) is 0 Å². The Balaban J connectivity index is 2.39. The number of rotatable bonds is 4. The van der Waals surface area contributed by atoms with Gasteiger partial charge in [0.2, 0.25) is 0 Å². The van der Waals surface area contributed by atoms with Gasteiger partial charge in [-0.1, -0.05) is 13.0 Å². The Hall–Kier alpha value is -1.44. The van der Waals surface area contributed by atoms with Gasteiger partial charge in [0, 0.05) is 18.9 Å². The fourth-order valence-electron chi connectivity index (χ4n) is 2.54. The van der Waals surface area contributed by atoms with Crippen LogP contribution in [0.25, 0.3) is 0 Å². The van der Waals surface area contributed by atoms with Gasteiger partial charge in [-0.05, 0) is 24.1 Å². The van der Waals surface area contributed by atoms with E-state index in [0.29, 0.717) is 12.0 Å². The average molecular weight is 327 g/mol. The van der Waals surface area contributed by atoms with Gasteiger partial charge in [0.25, 0.3) is 5.91 Å². The van der Waals surface area contributed by atoms with Crippen LogP contribution in [0.5, 0.6) is 0 Å². The summed E-state index contributed by atoms with van der Waals surface area (Å²) in [6.07, 6.45) is 1.00. The minimum atomic E-state index is -3.38. The molecule has 0 unspecified atom stereocenters. The molecule has 0 saturated carbocycles. The second-order valence-corrected chi connectivity index (χ2v) is 7.55. The lowest BCUT2D eigenvalue weighted by atomic mass is 10.0. The number of benzene rings is 1. The van der Waals surface area contributed by atoms with E-state index in [1.807, 2.05) is 6.92 Å². The standard InChI is InChI=1S/C15H21NO5S/c1-4-10-5-6-11(22(3,19)20)7-12(10)15(18)16(2)13-8-21-9-14(13)17/h5-7,13-14,17H,4,8-9H2,1-3H3/t13-,14-/m1/s1. The molecule has 1 heterocycles. The molecule has 0 aliphatic carbocycles. The fraction of sp³-hybridized carbons (Fsp3) is 0.533. The molecule has 7 heteroatoms. The van der Waals surface area contributed by atoms with Crippen LogP contribution in [-0.4, -0.2) is 63.0 Å². The topological polar surface area (TPSA) is 83.9 Å². The zero-order valence-electron chi connectivity index (χ0n) is 12.9. The van der Waals surface area contributed by atoms with E-state index >= 15 is 0 Å². The van der Waals surface area contributed by atoms with Crippen molar-refractivity contribution in [3.8, 4) is 0 Å². The molecule has 122 valence electrons. The lowest BCUT2D eigenvalue weighted by Gasteiger charge is -2.26. The van der Waals surface area contributed by atoms with Gasteiger partial charge in [-0.25, -0.2) is 8.42 Å². The highest BCUT2D eigenvalue weighted by molar-refractivity contribution is 7.90. The molecule has 0 bridgehead atoms. The molecule has 1 aliphatic heterocycles. The van der Waals surface area contributed by atoms with E-state index in [1.165, 1.54) is 17.0 Å². The summed E-state index contributed by atoms with van der Waals surface area (Å²) >= 11 is 0. The number of amides is 1. The van der Waals surface area contributed by atoms with Crippen LogP contribution >= 0.6 is 0 Å². The molecule has 0 spiro atoms. The molecule has 1 N–H and O–H groups in total. The number of ether oxygens (including phenoxy) is 1. The SMILES string of the molecule is CCc1ccc(S(C)(=O)=O)cc1C(=O)N(C)[C@@H]1COC[C@H]1O. The molecular formula is C15H21NO5S. The number of carbonyl (C=O) groups excluding carboxylic acids is 1. The van der Waals surface area contributed by atoms with Crippen LogP contribution < -0.4 is 0 Å². The normalized spacial score (nSPS) is 21.8. The maximum absolute atomic E-state index is 12.7. The molecule has 1 aromatic carbocycles. The van der Waals surface area contributed by atoms with Crippen LogP contribution in [0.1, 0.15) is 22.8 Å². The first-order valence-corrected chi connectivity index (χ1v) is 9.00. The van der Waals surface area contributed by atoms with Crippen LogP contribution in [0.3, 0.4) is 0 Å². The molecular weight excluding hydrogens is 306 g/mol. The summed E-state index contributed by atoms with van der Waals surface area (Å²) in [5.74, 6) is -0.308. The van der Waals surface area contributed by atoms with E-state index in [2.05, 4.69) is 0 Å². The second kappa shape index (κ2) is 6.36. The van der Waals surface area contributed by atoms with Crippen LogP contribution in [0.4, 0.5) is 0 Å². The third-order valence-electron chi connectivity index (χ3n) is 3.96. The molecule has 2 atom stereocenters. The molecule has 0 radical (unpaired) electrons. The van der Waals surface area contributed by atoms with E-state index in [4.69, 9.17) is 4.74 Å². The summed E-state index contributed by atoms with van der Waals surface area (Å²) in [4.78, 5) is 14.2. The van der Waals surface area contributed by atoms with E-state index in [-0.39, 0.29) is 24.0 Å². The highest BCUT2D eigenvalue weighted by Crippen LogP contribution is 2.21. The van der Waals surface area contributed by atoms with Gasteiger partial charge in [-0.3, -0.25) is 4.79 Å². The van der Waals surface area contributed by atoms with Gasteiger partial charge >= 0.3 is 0 Å². The molecule has 6 nitrogen and oxygen atoms in total. The molecule has 1 fully saturated rings. The van der Waals surface area contributed by atoms with Gasteiger partial charge in [-0.2, -0.15) is 0 Å². The molecule has 1 saturated heterocycles. The number of likely N-dealkylation sites (N-methyl/N-ethyl adjacent to an activating group) is 1. The van der Waals surface area contributed by atoms with Crippen molar-refractivity contribution < 1.29 is 23.1 Å². The first-order chi connectivity index (χ1) is 10.3. The quantitative estimate of drug-likeness (QED) is 0.870. The largest absolute Gasteiger partial charge is 0.388 e. The van der Waals surface area contributed by atoms with Crippen molar-refractivity contribution in [3.05, 3.63) is 29.3 Å². The van der Waals surface area contributed by atoms with E-state index in [1.54, 1.807) is 13.1 Å². The number of sulfone groups is 1. The predicted octanol–water partition coefficient (Wildman–Crippen LogP) is 0.484. The minimum absolute atomic E-state index is 0.115. The summed E-state index contributed by atoms with van der Waals surface area (Å²) in [7, 11) is -1.79. The van der Waals surface area contributed by atoms with Crippen molar-refractivity contribution in [2.24, 2.45) is 0 Å². The Kier molecular flexibility index (Phi) is 4.89. The molecule has 2 rings (SSSR count). The third-order valence-corrected chi connectivity index (χ3v) is 5.07. The summed E-state index contributed by atoms with van der Waals surface area (Å²) in [5.41, 5.74) is 1.13. The fourth-order valence-corrected chi connectivity index (χ4v) is 3.18. The Morgan fingerprint density at radius 1 is 1.41 bits per heavy atom. The Bertz CT molecular complexity index is 671. The van der Waals surface area contributed by atoms with Crippen molar-refractivity contribution in [2.75, 3.05) is 26.5 Å². The van der Waals surface area contributed by atoms with Crippen molar-refractivity contribution >= 4 is 15.7 Å². The van der Waals surface area contributed by atoms with Crippen molar-refractivity contribution in [2.45, 2.75) is 30.4 Å². The number of aliphatic hydroxyl groups is 1. The number of hydrogen-bond donors (Lipinski definition) is 1. The van der Waals surface area contributed by atoms with Crippen molar-refractivity contribution in [3.63, 3.8) is 0 Å². The van der Waals surface area contributed by atoms with Crippen LogP contribution in [0.2, 0.25) is 0 Å². The summed E-state index contributed by atoms with van der Waals surface area (Å²) in [6.45, 7) is 2.38. The summed E-state index contributed by atoms with van der Waals surface area (Å²) in [5, 5.41) is 9.85. The van der Waals surface area contributed by atoms with E-state index < -0.39 is 22.0 Å². The highest BCUT2D eigenvalue weighted by atomic mass is 32.2. The first kappa shape index (κ1) is 16.9. The van der Waals surface area contributed by atoms with E-state index in [0.717, 1.165) is 11.8 Å². The number of nitrogens with zero attached hydrogens (tertiary/aromatic N) is 1. The summed E-state index contributed by atoms with van der Waals surface area (Å²) in [6, 6.07) is 4.17. The molecule has 1 aliphatic rings. The number of carbonyl (C=O) groups is 1. The van der Waals surface area contributed by atoms with Gasteiger partial charge in [0.15, 0.2) is 9.84 Å².